The van der Waals surface area contributed by atoms with Gasteiger partial charge in [0.1, 0.15) is 12.6 Å². The van der Waals surface area contributed by atoms with Crippen molar-refractivity contribution in [2.24, 2.45) is 0 Å². The maximum atomic E-state index is 13.5. The van der Waals surface area contributed by atoms with E-state index in [4.69, 9.17) is 11.6 Å². The van der Waals surface area contributed by atoms with E-state index in [1.165, 1.54) is 4.90 Å². The number of hydrogen-bond acceptors (Lipinski definition) is 4. The summed E-state index contributed by atoms with van der Waals surface area (Å²) in [5.74, 6) is -0.881. The molecule has 0 saturated heterocycles. The first-order valence-corrected chi connectivity index (χ1v) is 13.3. The van der Waals surface area contributed by atoms with Gasteiger partial charge < -0.3 is 10.2 Å². The molecule has 0 bridgehead atoms. The Kier molecular flexibility index (Phi) is 8.95. The molecule has 2 amide bonds. The highest BCUT2D eigenvalue weighted by Crippen LogP contribution is 2.24. The van der Waals surface area contributed by atoms with Gasteiger partial charge in [0.2, 0.25) is 21.8 Å². The Morgan fingerprint density at radius 3 is 2.30 bits per heavy atom. The Bertz CT molecular complexity index is 1120. The Balaban J connectivity index is 2.42. The van der Waals surface area contributed by atoms with Crippen molar-refractivity contribution in [3.63, 3.8) is 0 Å². The van der Waals surface area contributed by atoms with E-state index in [0.717, 1.165) is 10.6 Å². The van der Waals surface area contributed by atoms with Crippen molar-refractivity contribution in [1.29, 1.82) is 0 Å². The molecule has 0 aliphatic carbocycles. The van der Waals surface area contributed by atoms with E-state index in [0.29, 0.717) is 20.7 Å². The minimum Gasteiger partial charge on any atom is -0.350 e. The molecule has 33 heavy (non-hydrogen) atoms. The summed E-state index contributed by atoms with van der Waals surface area (Å²) in [6, 6.07) is 12.8. The number of anilines is 1. The van der Waals surface area contributed by atoms with Crippen molar-refractivity contribution >= 4 is 55.1 Å². The monoisotopic (exact) mass is 557 g/mol. The van der Waals surface area contributed by atoms with Gasteiger partial charge in [-0.15, -0.1) is 0 Å². The van der Waals surface area contributed by atoms with Crippen LogP contribution in [-0.4, -0.2) is 49.5 Å². The first-order valence-electron chi connectivity index (χ1n) is 10.3. The number of nitrogens with one attached hydrogen (secondary N) is 1. The molecule has 2 aromatic rings. The second-order valence-electron chi connectivity index (χ2n) is 8.78. The third-order valence-electron chi connectivity index (χ3n) is 4.74. The molecule has 2 aromatic carbocycles. The summed E-state index contributed by atoms with van der Waals surface area (Å²) in [5, 5.41) is 3.32. The van der Waals surface area contributed by atoms with Crippen LogP contribution >= 0.6 is 27.5 Å². The lowest BCUT2D eigenvalue weighted by atomic mass is 10.1. The molecule has 0 radical (unpaired) electrons. The minimum atomic E-state index is -3.78. The van der Waals surface area contributed by atoms with Gasteiger partial charge in [0, 0.05) is 21.6 Å². The van der Waals surface area contributed by atoms with Crippen LogP contribution in [0.3, 0.4) is 0 Å². The third kappa shape index (κ3) is 8.01. The molecule has 0 aromatic heterocycles. The summed E-state index contributed by atoms with van der Waals surface area (Å²) in [6.07, 6.45) is 1.04. The zero-order valence-electron chi connectivity index (χ0n) is 19.3. The third-order valence-corrected chi connectivity index (χ3v) is 6.74. The molecule has 0 spiro atoms. The minimum absolute atomic E-state index is 0.0489. The van der Waals surface area contributed by atoms with Crippen LogP contribution < -0.4 is 9.62 Å². The van der Waals surface area contributed by atoms with Crippen LogP contribution in [0.4, 0.5) is 5.69 Å². The highest BCUT2D eigenvalue weighted by Gasteiger charge is 2.31. The van der Waals surface area contributed by atoms with Crippen LogP contribution in [-0.2, 0) is 26.2 Å². The molecule has 7 nitrogen and oxygen atoms in total. The van der Waals surface area contributed by atoms with E-state index in [1.807, 2.05) is 20.8 Å². The van der Waals surface area contributed by atoms with Crippen LogP contribution in [0.5, 0.6) is 0 Å². The van der Waals surface area contributed by atoms with E-state index in [2.05, 4.69) is 21.2 Å². The molecule has 10 heteroatoms. The van der Waals surface area contributed by atoms with Crippen LogP contribution in [0.25, 0.3) is 0 Å². The lowest BCUT2D eigenvalue weighted by Crippen LogP contribution is -2.54. The van der Waals surface area contributed by atoms with E-state index in [9.17, 15) is 18.0 Å². The predicted octanol–water partition coefficient (Wildman–Crippen LogP) is 4.20. The fourth-order valence-electron chi connectivity index (χ4n) is 3.11. The van der Waals surface area contributed by atoms with Gasteiger partial charge in [-0.1, -0.05) is 51.8 Å². The summed E-state index contributed by atoms with van der Waals surface area (Å²) in [5.41, 5.74) is 0.487. The molecule has 0 aliphatic heterocycles. The summed E-state index contributed by atoms with van der Waals surface area (Å²) in [7, 11) is -3.78. The number of halogens is 2. The van der Waals surface area contributed by atoms with Crippen LogP contribution in [0.15, 0.2) is 53.0 Å². The maximum absolute atomic E-state index is 13.5. The van der Waals surface area contributed by atoms with Crippen molar-refractivity contribution in [3.8, 4) is 0 Å². The number of benzene rings is 2. The highest BCUT2D eigenvalue weighted by atomic mass is 79.9. The van der Waals surface area contributed by atoms with Crippen molar-refractivity contribution in [3.05, 3.63) is 63.6 Å². The lowest BCUT2D eigenvalue weighted by molar-refractivity contribution is -0.140. The first kappa shape index (κ1) is 27.1. The molecule has 180 valence electrons. The van der Waals surface area contributed by atoms with Gasteiger partial charge in [0.25, 0.3) is 0 Å². The summed E-state index contributed by atoms with van der Waals surface area (Å²) in [4.78, 5) is 27.7. The van der Waals surface area contributed by atoms with Gasteiger partial charge in [-0.25, -0.2) is 8.42 Å². The number of nitrogens with zero attached hydrogens (tertiary/aromatic N) is 2. The quantitative estimate of drug-likeness (QED) is 0.526. The average Bonchev–Trinajstić information content (AvgIpc) is 2.68. The molecular formula is C23H29BrClN3O4S. The second-order valence-corrected chi connectivity index (χ2v) is 12.0. The summed E-state index contributed by atoms with van der Waals surface area (Å²) >= 11 is 9.64. The van der Waals surface area contributed by atoms with E-state index in [1.54, 1.807) is 55.5 Å². The zero-order chi connectivity index (χ0) is 25.0. The Morgan fingerprint density at radius 1 is 1.12 bits per heavy atom. The molecular weight excluding hydrogens is 530 g/mol. The van der Waals surface area contributed by atoms with Crippen molar-refractivity contribution < 1.29 is 18.0 Å². The van der Waals surface area contributed by atoms with Crippen LogP contribution in [0.2, 0.25) is 5.02 Å². The van der Waals surface area contributed by atoms with E-state index >= 15 is 0 Å². The molecule has 0 fully saturated rings. The molecule has 0 unspecified atom stereocenters. The number of carbonyl (C=O) groups excluding carboxylic acids is 2. The standard InChI is InChI=1S/C23H29BrClN3O4S/c1-16(22(30)26-23(2,3)4)27(14-17-9-6-7-12-20(17)25)21(29)15-28(33(5,31)32)19-11-8-10-18(24)13-19/h6-13,16H,14-15H2,1-5H3,(H,26,30)/t16-/m0/s1. The Hall–Kier alpha value is -2.10. The number of hydrogen-bond donors (Lipinski definition) is 1. The van der Waals surface area contributed by atoms with Gasteiger partial charge in [-0.05, 0) is 57.5 Å². The number of carbonyl (C=O) groups is 2. The number of rotatable bonds is 8. The smallest absolute Gasteiger partial charge is 0.244 e. The highest BCUT2D eigenvalue weighted by molar-refractivity contribution is 9.10. The summed E-state index contributed by atoms with van der Waals surface area (Å²) in [6.45, 7) is 6.73. The topological polar surface area (TPSA) is 86.8 Å². The van der Waals surface area contributed by atoms with Crippen LogP contribution in [0, 0.1) is 0 Å². The van der Waals surface area contributed by atoms with Crippen LogP contribution in [0.1, 0.15) is 33.3 Å². The number of amides is 2. The normalized spacial score (nSPS) is 12.7. The molecule has 1 N–H and O–H groups in total. The van der Waals surface area contributed by atoms with Gasteiger partial charge in [-0.3, -0.25) is 13.9 Å². The van der Waals surface area contributed by atoms with E-state index < -0.39 is 34.1 Å². The molecule has 2 rings (SSSR count). The lowest BCUT2D eigenvalue weighted by Gasteiger charge is -2.33. The molecule has 0 saturated carbocycles. The number of sulfonamides is 1. The van der Waals surface area contributed by atoms with Gasteiger partial charge in [0.05, 0.1) is 11.9 Å². The molecule has 0 aliphatic rings. The first-order chi connectivity index (χ1) is 15.2. The zero-order valence-corrected chi connectivity index (χ0v) is 22.5. The fourth-order valence-corrected chi connectivity index (χ4v) is 4.54. The van der Waals surface area contributed by atoms with E-state index in [-0.39, 0.29) is 12.5 Å². The fraction of sp³-hybridized carbons (Fsp3) is 0.391. The van der Waals surface area contributed by atoms with Gasteiger partial charge in [-0.2, -0.15) is 0 Å². The summed E-state index contributed by atoms with van der Waals surface area (Å²) < 4.78 is 26.8. The SMILES string of the molecule is C[C@@H](C(=O)NC(C)(C)C)N(Cc1ccccc1Cl)C(=O)CN(c1cccc(Br)c1)S(C)(=O)=O. The Labute approximate surface area is 209 Å². The maximum Gasteiger partial charge on any atom is 0.244 e. The van der Waals surface area contributed by atoms with Gasteiger partial charge >= 0.3 is 0 Å². The van der Waals surface area contributed by atoms with Crippen molar-refractivity contribution in [2.75, 3.05) is 17.1 Å². The predicted molar refractivity (Wildman–Crippen MR) is 136 cm³/mol. The van der Waals surface area contributed by atoms with Crippen molar-refractivity contribution in [2.45, 2.75) is 45.8 Å². The molecule has 0 heterocycles. The largest absolute Gasteiger partial charge is 0.350 e. The molecule has 1 atom stereocenters. The average molecular weight is 559 g/mol. The Morgan fingerprint density at radius 2 is 1.76 bits per heavy atom. The second kappa shape index (κ2) is 10.9. The van der Waals surface area contributed by atoms with Crippen molar-refractivity contribution in [1.82, 2.24) is 10.2 Å². The van der Waals surface area contributed by atoms with Gasteiger partial charge in [0.15, 0.2) is 0 Å².